The number of hydrogen-bond donors (Lipinski definition) is 2. The van der Waals surface area contributed by atoms with Gasteiger partial charge in [0.2, 0.25) is 5.82 Å². The highest BCUT2D eigenvalue weighted by atomic mass is 19.4. The van der Waals surface area contributed by atoms with Crippen molar-refractivity contribution in [3.63, 3.8) is 0 Å². The molecule has 0 aliphatic rings. The zero-order valence-corrected chi connectivity index (χ0v) is 15.1. The van der Waals surface area contributed by atoms with Crippen molar-refractivity contribution < 1.29 is 32.0 Å². The van der Waals surface area contributed by atoms with E-state index in [1.165, 1.54) is 24.4 Å². The Morgan fingerprint density at radius 1 is 1.10 bits per heavy atom. The largest absolute Gasteiger partial charge is 0.471 e. The van der Waals surface area contributed by atoms with E-state index in [1.54, 1.807) is 18.2 Å². The molecular weight excluding hydrogens is 407 g/mol. The average molecular weight is 421 g/mol. The molecule has 0 unspecified atom stereocenters. The van der Waals surface area contributed by atoms with E-state index in [2.05, 4.69) is 25.0 Å². The van der Waals surface area contributed by atoms with E-state index in [4.69, 9.17) is 10.5 Å². The van der Waals surface area contributed by atoms with Crippen LogP contribution in [0, 0.1) is 0 Å². The average Bonchev–Trinajstić information content (AvgIpc) is 3.22. The molecule has 12 heteroatoms. The molecule has 9 nitrogen and oxygen atoms in total. The Bertz CT molecular complexity index is 1030. The van der Waals surface area contributed by atoms with E-state index in [9.17, 15) is 22.8 Å². The first-order valence-electron chi connectivity index (χ1n) is 8.38. The summed E-state index contributed by atoms with van der Waals surface area (Å²) in [4.78, 5) is 29.9. The number of nitrogens with two attached hydrogens (primary N) is 1. The van der Waals surface area contributed by atoms with Crippen molar-refractivity contribution in [1.29, 1.82) is 0 Å². The molecule has 30 heavy (non-hydrogen) atoms. The predicted molar refractivity (Wildman–Crippen MR) is 94.5 cm³/mol. The van der Waals surface area contributed by atoms with Gasteiger partial charge in [-0.1, -0.05) is 35.5 Å². The van der Waals surface area contributed by atoms with Gasteiger partial charge in [0.1, 0.15) is 12.3 Å². The molecule has 1 aromatic carbocycles. The van der Waals surface area contributed by atoms with Gasteiger partial charge in [0.25, 0.3) is 5.91 Å². The van der Waals surface area contributed by atoms with E-state index in [-0.39, 0.29) is 24.7 Å². The molecule has 0 bridgehead atoms. The minimum atomic E-state index is -4.71. The number of alkyl halides is 3. The van der Waals surface area contributed by atoms with Crippen LogP contribution in [-0.4, -0.2) is 27.1 Å². The topological polar surface area (TPSA) is 133 Å². The molecule has 3 rings (SSSR count). The summed E-state index contributed by atoms with van der Waals surface area (Å²) < 4.78 is 46.7. The van der Waals surface area contributed by atoms with E-state index in [1.807, 2.05) is 0 Å². The molecule has 3 aromatic rings. The van der Waals surface area contributed by atoms with Gasteiger partial charge < -0.3 is 20.3 Å². The van der Waals surface area contributed by atoms with Crippen LogP contribution in [0.15, 0.2) is 47.1 Å². The van der Waals surface area contributed by atoms with Crippen molar-refractivity contribution in [1.82, 2.24) is 20.4 Å². The van der Waals surface area contributed by atoms with Crippen LogP contribution in [0.2, 0.25) is 0 Å². The Morgan fingerprint density at radius 2 is 1.80 bits per heavy atom. The summed E-state index contributed by atoms with van der Waals surface area (Å²) in [5.41, 5.74) is 6.75. The van der Waals surface area contributed by atoms with Crippen LogP contribution >= 0.6 is 0 Å². The minimum Gasteiger partial charge on any atom is -0.445 e. The number of primary amides is 1. The maximum absolute atomic E-state index is 12.5. The highest BCUT2D eigenvalue weighted by Gasteiger charge is 2.38. The molecule has 0 spiro atoms. The lowest BCUT2D eigenvalue weighted by atomic mass is 10.1. The zero-order chi connectivity index (χ0) is 21.7. The fourth-order valence-corrected chi connectivity index (χ4v) is 2.26. The zero-order valence-electron chi connectivity index (χ0n) is 15.1. The molecule has 0 saturated carbocycles. The number of pyridine rings is 1. The highest BCUT2D eigenvalue weighted by molar-refractivity contribution is 5.90. The summed E-state index contributed by atoms with van der Waals surface area (Å²) in [5.74, 6) is -2.28. The highest BCUT2D eigenvalue weighted by Crippen LogP contribution is 2.29. The van der Waals surface area contributed by atoms with E-state index in [0.717, 1.165) is 0 Å². The van der Waals surface area contributed by atoms with Gasteiger partial charge in [-0.05, 0) is 11.6 Å². The van der Waals surface area contributed by atoms with Crippen molar-refractivity contribution in [3.8, 4) is 11.4 Å². The summed E-state index contributed by atoms with van der Waals surface area (Å²) in [5, 5.41) is 5.83. The number of carbonyl (C=O) groups is 2. The fraction of sp³-hybridized carbons (Fsp3) is 0.167. The van der Waals surface area contributed by atoms with Crippen LogP contribution < -0.4 is 11.1 Å². The Labute approximate surface area is 167 Å². The molecule has 0 fully saturated rings. The monoisotopic (exact) mass is 421 g/mol. The van der Waals surface area contributed by atoms with Crippen LogP contribution in [0.3, 0.4) is 0 Å². The summed E-state index contributed by atoms with van der Waals surface area (Å²) >= 11 is 0. The number of ether oxygens (including phenoxy) is 1. The van der Waals surface area contributed by atoms with Crippen LogP contribution in [0.5, 0.6) is 0 Å². The number of amides is 2. The lowest BCUT2D eigenvalue weighted by Crippen LogP contribution is -2.23. The van der Waals surface area contributed by atoms with Crippen LogP contribution in [0.25, 0.3) is 11.4 Å². The first-order valence-corrected chi connectivity index (χ1v) is 8.38. The Kier molecular flexibility index (Phi) is 5.95. The molecule has 2 heterocycles. The predicted octanol–water partition coefficient (Wildman–Crippen LogP) is 2.68. The van der Waals surface area contributed by atoms with E-state index in [0.29, 0.717) is 16.7 Å². The van der Waals surface area contributed by atoms with Crippen molar-refractivity contribution in [3.05, 3.63) is 65.3 Å². The van der Waals surface area contributed by atoms with Gasteiger partial charge in [-0.25, -0.2) is 4.79 Å². The van der Waals surface area contributed by atoms with Crippen LogP contribution in [0.1, 0.15) is 27.5 Å². The van der Waals surface area contributed by atoms with Crippen LogP contribution in [-0.2, 0) is 24.1 Å². The summed E-state index contributed by atoms with van der Waals surface area (Å²) in [7, 11) is 0. The summed E-state index contributed by atoms with van der Waals surface area (Å²) in [6, 6.07) is 9.15. The number of halogens is 3. The van der Waals surface area contributed by atoms with Gasteiger partial charge >= 0.3 is 18.2 Å². The van der Waals surface area contributed by atoms with Gasteiger partial charge in [-0.15, -0.1) is 0 Å². The quantitative estimate of drug-likeness (QED) is 0.625. The third-order valence-electron chi connectivity index (χ3n) is 3.76. The Morgan fingerprint density at radius 3 is 2.37 bits per heavy atom. The molecule has 3 N–H and O–H groups in total. The van der Waals surface area contributed by atoms with Gasteiger partial charge in [-0.2, -0.15) is 18.2 Å². The number of carbonyl (C=O) groups excluding carboxylic acids is 2. The van der Waals surface area contributed by atoms with E-state index >= 15 is 0 Å². The van der Waals surface area contributed by atoms with Gasteiger partial charge in [0.05, 0.1) is 0 Å². The number of rotatable bonds is 6. The molecular formula is C18H14F3N5O4. The molecule has 0 aliphatic carbocycles. The molecule has 2 amide bonds. The molecule has 0 radical (unpaired) electrons. The summed E-state index contributed by atoms with van der Waals surface area (Å²) in [6.07, 6.45) is -4.03. The van der Waals surface area contributed by atoms with Crippen molar-refractivity contribution in [2.24, 2.45) is 5.73 Å². The number of aromatic nitrogens is 3. The Balaban J connectivity index is 1.49. The van der Waals surface area contributed by atoms with Crippen molar-refractivity contribution in [2.75, 3.05) is 0 Å². The number of hydrogen-bond acceptors (Lipinski definition) is 7. The lowest BCUT2D eigenvalue weighted by molar-refractivity contribution is -0.159. The summed E-state index contributed by atoms with van der Waals surface area (Å²) in [6.45, 7) is 0.0637. The van der Waals surface area contributed by atoms with E-state index < -0.39 is 24.1 Å². The third-order valence-corrected chi connectivity index (χ3v) is 3.76. The smallest absolute Gasteiger partial charge is 0.445 e. The van der Waals surface area contributed by atoms with Gasteiger partial charge in [-0.3, -0.25) is 9.78 Å². The second-order valence-electron chi connectivity index (χ2n) is 5.96. The fourth-order valence-electron chi connectivity index (χ4n) is 2.26. The first kappa shape index (κ1) is 20.8. The molecule has 0 saturated heterocycles. The van der Waals surface area contributed by atoms with Crippen molar-refractivity contribution >= 4 is 12.0 Å². The molecule has 156 valence electrons. The maximum atomic E-state index is 12.5. The second-order valence-corrected chi connectivity index (χ2v) is 5.96. The number of alkyl carbamates (subject to hydrolysis) is 1. The molecule has 0 aliphatic heterocycles. The number of nitrogens with one attached hydrogen (secondary N) is 1. The third kappa shape index (κ3) is 5.31. The number of nitrogens with zero attached hydrogens (tertiary/aromatic N) is 3. The van der Waals surface area contributed by atoms with Crippen LogP contribution in [0.4, 0.5) is 18.0 Å². The molecule has 2 aromatic heterocycles. The second kappa shape index (κ2) is 8.59. The minimum absolute atomic E-state index is 0.0593. The number of benzene rings is 1. The maximum Gasteiger partial charge on any atom is 0.471 e. The van der Waals surface area contributed by atoms with Gasteiger partial charge in [0.15, 0.2) is 0 Å². The SMILES string of the molecule is NC(=O)c1ccc(COC(=O)NCc2ccc(-c3noc(C(F)(F)F)n3)cc2)cn1. The lowest BCUT2D eigenvalue weighted by Gasteiger charge is -2.07. The normalized spacial score (nSPS) is 11.2. The molecule has 0 atom stereocenters. The van der Waals surface area contributed by atoms with Crippen molar-refractivity contribution in [2.45, 2.75) is 19.3 Å². The Hall–Kier alpha value is -3.96. The first-order chi connectivity index (χ1) is 14.2. The standard InChI is InChI=1S/C18H14F3N5O4/c19-18(20,21)16-25-15(26-30-16)12-4-1-10(2-5-12)7-24-17(28)29-9-11-3-6-13(14(22)27)23-8-11/h1-6,8H,7,9H2,(H2,22,27)(H,24,28). The van der Waals surface area contributed by atoms with Gasteiger partial charge in [0, 0.05) is 23.9 Å².